The van der Waals surface area contributed by atoms with Crippen LogP contribution < -0.4 is 0 Å². The largest absolute Gasteiger partial charge is 0.299 e. The first-order valence-electron chi connectivity index (χ1n) is 10.6. The molecule has 28 heavy (non-hydrogen) atoms. The lowest BCUT2D eigenvalue weighted by Gasteiger charge is -2.18. The molecule has 0 spiro atoms. The molecule has 1 aromatic heterocycles. The lowest BCUT2D eigenvalue weighted by Crippen LogP contribution is -2.05. The molecule has 0 radical (unpaired) electrons. The van der Waals surface area contributed by atoms with Crippen LogP contribution >= 0.6 is 0 Å². The summed E-state index contributed by atoms with van der Waals surface area (Å²) in [5.74, 6) is 0. The van der Waals surface area contributed by atoms with E-state index in [1.807, 2.05) is 26.3 Å². The van der Waals surface area contributed by atoms with E-state index in [9.17, 15) is 0 Å². The van der Waals surface area contributed by atoms with Crippen molar-refractivity contribution in [1.29, 1.82) is 0 Å². The fourth-order valence-electron chi connectivity index (χ4n) is 2.54. The summed E-state index contributed by atoms with van der Waals surface area (Å²) in [5, 5.41) is 0. The van der Waals surface area contributed by atoms with Gasteiger partial charge in [0.05, 0.1) is 11.0 Å². The SMILES string of the molecule is C=Cc1ccc2c(c1)ncn2-c1cccc(CC)c1.CC.CCC(C)(C)CC. The van der Waals surface area contributed by atoms with E-state index in [4.69, 9.17) is 0 Å². The van der Waals surface area contributed by atoms with Crippen molar-refractivity contribution < 1.29 is 0 Å². The van der Waals surface area contributed by atoms with Gasteiger partial charge < -0.3 is 0 Å². The monoisotopic (exact) mass is 378 g/mol. The highest BCUT2D eigenvalue weighted by molar-refractivity contribution is 5.80. The maximum atomic E-state index is 4.47. The highest BCUT2D eigenvalue weighted by Crippen LogP contribution is 2.23. The third kappa shape index (κ3) is 6.37. The first-order valence-corrected chi connectivity index (χ1v) is 10.6. The van der Waals surface area contributed by atoms with Crippen LogP contribution in [-0.2, 0) is 6.42 Å². The van der Waals surface area contributed by atoms with Crippen LogP contribution in [0.5, 0.6) is 0 Å². The Morgan fingerprint density at radius 3 is 2.21 bits per heavy atom. The molecule has 152 valence electrons. The van der Waals surface area contributed by atoms with Gasteiger partial charge >= 0.3 is 0 Å². The number of hydrogen-bond acceptors (Lipinski definition) is 1. The van der Waals surface area contributed by atoms with Crippen LogP contribution in [0.25, 0.3) is 22.8 Å². The third-order valence-electron chi connectivity index (χ3n) is 5.32. The first kappa shape index (κ1) is 23.7. The average Bonchev–Trinajstić information content (AvgIpc) is 3.18. The predicted octanol–water partition coefficient (Wildman–Crippen LogP) is 8.09. The molecule has 0 saturated carbocycles. The molecule has 3 aromatic rings. The van der Waals surface area contributed by atoms with Gasteiger partial charge in [-0.3, -0.25) is 4.57 Å². The van der Waals surface area contributed by atoms with Crippen molar-refractivity contribution >= 4 is 17.1 Å². The molecule has 0 aliphatic carbocycles. The Kier molecular flexibility index (Phi) is 9.72. The Labute approximate surface area is 172 Å². The minimum atomic E-state index is 0.583. The topological polar surface area (TPSA) is 17.8 Å². The van der Waals surface area contributed by atoms with Crippen LogP contribution in [0, 0.1) is 5.41 Å². The first-order chi connectivity index (χ1) is 13.4. The van der Waals surface area contributed by atoms with Gasteiger partial charge in [0, 0.05) is 5.69 Å². The normalized spacial score (nSPS) is 10.5. The van der Waals surface area contributed by atoms with E-state index in [-0.39, 0.29) is 0 Å². The summed E-state index contributed by atoms with van der Waals surface area (Å²) in [6, 6.07) is 14.8. The van der Waals surface area contributed by atoms with E-state index in [1.165, 1.54) is 18.4 Å². The number of benzene rings is 2. The predicted molar refractivity (Wildman–Crippen MR) is 126 cm³/mol. The van der Waals surface area contributed by atoms with Gasteiger partial charge in [0.2, 0.25) is 0 Å². The van der Waals surface area contributed by atoms with Gasteiger partial charge in [-0.2, -0.15) is 0 Å². The molecule has 0 atom stereocenters. The summed E-state index contributed by atoms with van der Waals surface area (Å²) in [6.07, 6.45) is 7.36. The average molecular weight is 379 g/mol. The van der Waals surface area contributed by atoms with Crippen molar-refractivity contribution in [2.45, 2.75) is 67.7 Å². The number of nitrogens with zero attached hydrogens (tertiary/aromatic N) is 2. The standard InChI is InChI=1S/C17H16N2.C7H16.C2H6/c1-3-13-6-5-7-15(10-13)19-12-18-16-11-14(4-2)8-9-17(16)19;1-5-7(3,4)6-2;1-2/h4-12H,2-3H2,1H3;5-6H2,1-4H3;1-2H3. The van der Waals surface area contributed by atoms with E-state index in [0.717, 1.165) is 28.7 Å². The Bertz CT molecular complexity index is 850. The summed E-state index contributed by atoms with van der Waals surface area (Å²) in [4.78, 5) is 4.47. The zero-order chi connectivity index (χ0) is 21.2. The van der Waals surface area contributed by atoms with Crippen molar-refractivity contribution in [1.82, 2.24) is 9.55 Å². The van der Waals surface area contributed by atoms with Crippen molar-refractivity contribution in [3.8, 4) is 5.69 Å². The summed E-state index contributed by atoms with van der Waals surface area (Å²) in [5.41, 5.74) is 6.30. The van der Waals surface area contributed by atoms with E-state index < -0.39 is 0 Å². The zero-order valence-corrected chi connectivity index (χ0v) is 18.9. The summed E-state index contributed by atoms with van der Waals surface area (Å²) < 4.78 is 2.13. The molecule has 3 rings (SSSR count). The second-order valence-electron chi connectivity index (χ2n) is 7.46. The minimum Gasteiger partial charge on any atom is -0.299 e. The maximum absolute atomic E-state index is 4.47. The van der Waals surface area contributed by atoms with E-state index in [0.29, 0.717) is 5.41 Å². The Balaban J connectivity index is 0.000000372. The van der Waals surface area contributed by atoms with E-state index >= 15 is 0 Å². The Hall–Kier alpha value is -2.35. The maximum Gasteiger partial charge on any atom is 0.100 e. The fraction of sp³-hybridized carbons (Fsp3) is 0.423. The van der Waals surface area contributed by atoms with Gasteiger partial charge in [-0.05, 0) is 47.2 Å². The lowest BCUT2D eigenvalue weighted by molar-refractivity contribution is 0.338. The van der Waals surface area contributed by atoms with Crippen LogP contribution in [0.3, 0.4) is 0 Å². The quantitative estimate of drug-likeness (QED) is 0.438. The van der Waals surface area contributed by atoms with Gasteiger partial charge in [-0.25, -0.2) is 4.98 Å². The van der Waals surface area contributed by atoms with Gasteiger partial charge in [-0.1, -0.05) is 92.2 Å². The van der Waals surface area contributed by atoms with Crippen molar-refractivity contribution in [3.05, 3.63) is 66.5 Å². The van der Waals surface area contributed by atoms with Crippen molar-refractivity contribution in [2.24, 2.45) is 5.41 Å². The van der Waals surface area contributed by atoms with Crippen LogP contribution in [0.4, 0.5) is 0 Å². The molecule has 0 fully saturated rings. The number of aromatic nitrogens is 2. The molecule has 0 bridgehead atoms. The molecule has 0 N–H and O–H groups in total. The molecule has 0 aliphatic heterocycles. The van der Waals surface area contributed by atoms with Gasteiger partial charge in [-0.15, -0.1) is 0 Å². The fourth-order valence-corrected chi connectivity index (χ4v) is 2.54. The molecule has 2 heteroatoms. The molecule has 2 nitrogen and oxygen atoms in total. The number of hydrogen-bond donors (Lipinski definition) is 0. The number of fused-ring (bicyclic) bond motifs is 1. The second kappa shape index (κ2) is 11.5. The van der Waals surface area contributed by atoms with Crippen LogP contribution in [-0.4, -0.2) is 9.55 Å². The summed E-state index contributed by atoms with van der Waals surface area (Å²) in [7, 11) is 0. The summed E-state index contributed by atoms with van der Waals surface area (Å²) >= 11 is 0. The lowest BCUT2D eigenvalue weighted by atomic mass is 9.88. The molecular weight excluding hydrogens is 340 g/mol. The van der Waals surface area contributed by atoms with Crippen molar-refractivity contribution in [3.63, 3.8) is 0 Å². The molecule has 0 unspecified atom stereocenters. The second-order valence-corrected chi connectivity index (χ2v) is 7.46. The molecule has 0 aliphatic rings. The molecule has 2 aromatic carbocycles. The molecule has 0 saturated heterocycles. The van der Waals surface area contributed by atoms with Crippen LogP contribution in [0.15, 0.2) is 55.4 Å². The highest BCUT2D eigenvalue weighted by Gasteiger charge is 2.09. The zero-order valence-electron chi connectivity index (χ0n) is 18.9. The van der Waals surface area contributed by atoms with Gasteiger partial charge in [0.15, 0.2) is 0 Å². The van der Waals surface area contributed by atoms with Crippen LogP contribution in [0.1, 0.15) is 72.4 Å². The number of imidazole rings is 1. The van der Waals surface area contributed by atoms with E-state index in [1.54, 1.807) is 0 Å². The summed E-state index contributed by atoms with van der Waals surface area (Å²) in [6.45, 7) is 19.0. The van der Waals surface area contributed by atoms with Gasteiger partial charge in [0.25, 0.3) is 0 Å². The number of aryl methyl sites for hydroxylation is 1. The molecular formula is C26H38N2. The minimum absolute atomic E-state index is 0.583. The number of rotatable bonds is 5. The Morgan fingerprint density at radius 1 is 1.00 bits per heavy atom. The van der Waals surface area contributed by atoms with E-state index in [2.05, 4.69) is 93.2 Å². The van der Waals surface area contributed by atoms with Crippen molar-refractivity contribution in [2.75, 3.05) is 0 Å². The van der Waals surface area contributed by atoms with Gasteiger partial charge in [0.1, 0.15) is 6.33 Å². The smallest absolute Gasteiger partial charge is 0.100 e. The molecule has 1 heterocycles. The van der Waals surface area contributed by atoms with Crippen LogP contribution in [0.2, 0.25) is 0 Å². The third-order valence-corrected chi connectivity index (χ3v) is 5.32. The highest BCUT2D eigenvalue weighted by atomic mass is 15.0. The Morgan fingerprint density at radius 2 is 1.68 bits per heavy atom. The molecule has 0 amide bonds.